The Morgan fingerprint density at radius 2 is 1.56 bits per heavy atom. The molecule has 0 radical (unpaired) electrons. The molecule has 0 aliphatic rings. The Bertz CT molecular complexity index is 813. The SMILES string of the molecule is COc1cc(C=CC(=O)O)c(CCC(C)C[SiH2]C(O[Si](C)(C)C)O[Si](C)(C)C)c(OC)c1OC. The van der Waals surface area contributed by atoms with Crippen molar-refractivity contribution in [2.75, 3.05) is 21.3 Å². The van der Waals surface area contributed by atoms with Gasteiger partial charge in [0.1, 0.15) is 5.91 Å². The number of carbonyl (C=O) groups is 1. The molecule has 0 bridgehead atoms. The van der Waals surface area contributed by atoms with E-state index in [0.717, 1.165) is 36.1 Å². The molecule has 0 saturated carbocycles. The van der Waals surface area contributed by atoms with E-state index in [9.17, 15) is 4.79 Å². The molecule has 0 saturated heterocycles. The summed E-state index contributed by atoms with van der Waals surface area (Å²) in [6, 6.07) is 2.91. The summed E-state index contributed by atoms with van der Waals surface area (Å²) in [5.74, 6) is 1.04. The third-order valence-electron chi connectivity index (χ3n) is 5.13. The standard InChI is InChI=1S/C24H44O7Si3/c1-17(16-32-24(30-33(5,6)7)31-34(8,9)10)11-13-19-18(12-14-21(25)26)15-20(27-2)23(29-4)22(19)28-3/h12,14-15,17,24H,11,13,16,32H2,1-10H3,(H,25,26). The first-order valence-electron chi connectivity index (χ1n) is 11.8. The van der Waals surface area contributed by atoms with E-state index in [0.29, 0.717) is 23.2 Å². The lowest BCUT2D eigenvalue weighted by Crippen LogP contribution is -2.43. The molecule has 1 aromatic carbocycles. The van der Waals surface area contributed by atoms with Gasteiger partial charge in [-0.25, -0.2) is 4.79 Å². The van der Waals surface area contributed by atoms with Crippen LogP contribution in [0.5, 0.6) is 17.2 Å². The second kappa shape index (κ2) is 13.5. The molecule has 0 aliphatic carbocycles. The minimum atomic E-state index is -1.69. The van der Waals surface area contributed by atoms with Gasteiger partial charge in [0.15, 0.2) is 28.1 Å². The van der Waals surface area contributed by atoms with Crippen LogP contribution in [0.2, 0.25) is 45.3 Å². The zero-order valence-electron chi connectivity index (χ0n) is 22.6. The van der Waals surface area contributed by atoms with Crippen molar-refractivity contribution >= 4 is 38.2 Å². The van der Waals surface area contributed by atoms with Gasteiger partial charge in [-0.15, -0.1) is 0 Å². The highest BCUT2D eigenvalue weighted by atomic mass is 28.4. The fraction of sp³-hybridized carbons (Fsp3) is 0.625. The van der Waals surface area contributed by atoms with Gasteiger partial charge in [0.05, 0.1) is 30.8 Å². The van der Waals surface area contributed by atoms with Crippen molar-refractivity contribution in [1.82, 2.24) is 0 Å². The minimum absolute atomic E-state index is 0.0227. The third kappa shape index (κ3) is 10.8. The van der Waals surface area contributed by atoms with E-state index in [-0.39, 0.29) is 5.91 Å². The van der Waals surface area contributed by atoms with E-state index in [4.69, 9.17) is 28.2 Å². The summed E-state index contributed by atoms with van der Waals surface area (Å²) in [5.41, 5.74) is 1.67. The molecule has 1 N–H and O–H groups in total. The first-order chi connectivity index (χ1) is 15.7. The molecule has 34 heavy (non-hydrogen) atoms. The quantitative estimate of drug-likeness (QED) is 0.196. The molecule has 194 valence electrons. The number of hydrogen-bond donors (Lipinski definition) is 1. The van der Waals surface area contributed by atoms with Crippen LogP contribution in [0.1, 0.15) is 24.5 Å². The van der Waals surface area contributed by atoms with E-state index < -0.39 is 32.1 Å². The zero-order valence-corrected chi connectivity index (χ0v) is 26.0. The summed E-state index contributed by atoms with van der Waals surface area (Å²) in [7, 11) is 0.748. The summed E-state index contributed by atoms with van der Waals surface area (Å²) in [5, 5.41) is 9.13. The summed E-state index contributed by atoms with van der Waals surface area (Å²) in [6.45, 7) is 15.5. The normalized spacial score (nSPS) is 13.7. The van der Waals surface area contributed by atoms with Crippen molar-refractivity contribution in [2.45, 2.75) is 71.0 Å². The maximum absolute atomic E-state index is 11.1. The van der Waals surface area contributed by atoms with Crippen molar-refractivity contribution in [2.24, 2.45) is 5.92 Å². The number of carboxylic acids is 1. The minimum Gasteiger partial charge on any atom is -0.493 e. The molecule has 1 rings (SSSR count). The van der Waals surface area contributed by atoms with Gasteiger partial charge < -0.3 is 28.2 Å². The lowest BCUT2D eigenvalue weighted by atomic mass is 9.96. The summed E-state index contributed by atoms with van der Waals surface area (Å²) in [4.78, 5) is 11.1. The average molecular weight is 529 g/mol. The molecule has 0 aliphatic heterocycles. The molecule has 7 nitrogen and oxygen atoms in total. The predicted molar refractivity (Wildman–Crippen MR) is 146 cm³/mol. The molecule has 1 aromatic rings. The van der Waals surface area contributed by atoms with E-state index in [2.05, 4.69) is 46.2 Å². The number of aliphatic carboxylic acids is 1. The molecule has 1 unspecified atom stereocenters. The molecule has 0 aromatic heterocycles. The molecule has 10 heteroatoms. The first-order valence-corrected chi connectivity index (χ1v) is 20.4. The molecule has 0 fully saturated rings. The van der Waals surface area contributed by atoms with Crippen LogP contribution in [0, 0.1) is 5.92 Å². The van der Waals surface area contributed by atoms with Crippen molar-refractivity contribution in [3.63, 3.8) is 0 Å². The van der Waals surface area contributed by atoms with Crippen molar-refractivity contribution in [3.05, 3.63) is 23.3 Å². The number of hydrogen-bond acceptors (Lipinski definition) is 6. The Hall–Kier alpha value is -1.60. The Balaban J connectivity index is 3.06. The Kier molecular flexibility index (Phi) is 12.1. The molecule has 0 amide bonds. The van der Waals surface area contributed by atoms with Crippen LogP contribution >= 0.6 is 0 Å². The van der Waals surface area contributed by atoms with Gasteiger partial charge in [0.2, 0.25) is 5.75 Å². The summed E-state index contributed by atoms with van der Waals surface area (Å²) < 4.78 is 29.5. The van der Waals surface area contributed by atoms with Crippen LogP contribution in [-0.4, -0.2) is 64.5 Å². The number of methoxy groups -OCH3 is 3. The average Bonchev–Trinajstić information content (AvgIpc) is 2.71. The highest BCUT2D eigenvalue weighted by Gasteiger charge is 2.27. The van der Waals surface area contributed by atoms with Crippen LogP contribution in [0.4, 0.5) is 0 Å². The largest absolute Gasteiger partial charge is 0.493 e. The van der Waals surface area contributed by atoms with Crippen LogP contribution in [-0.2, 0) is 20.1 Å². The van der Waals surface area contributed by atoms with Gasteiger partial charge in [0, 0.05) is 11.6 Å². The summed E-state index contributed by atoms with van der Waals surface area (Å²) in [6.07, 6.45) is 4.37. The molecular weight excluding hydrogens is 485 g/mol. The maximum Gasteiger partial charge on any atom is 0.328 e. The fourth-order valence-corrected chi connectivity index (χ4v) is 10.5. The lowest BCUT2D eigenvalue weighted by Gasteiger charge is -2.32. The van der Waals surface area contributed by atoms with E-state index in [1.807, 2.05) is 0 Å². The van der Waals surface area contributed by atoms with Gasteiger partial charge >= 0.3 is 5.97 Å². The molecule has 1 atom stereocenters. The van der Waals surface area contributed by atoms with Crippen LogP contribution in [0.25, 0.3) is 6.08 Å². The molecule has 0 heterocycles. The first kappa shape index (κ1) is 30.4. The van der Waals surface area contributed by atoms with Crippen molar-refractivity contribution in [1.29, 1.82) is 0 Å². The van der Waals surface area contributed by atoms with Crippen molar-refractivity contribution in [3.8, 4) is 17.2 Å². The monoisotopic (exact) mass is 528 g/mol. The second-order valence-corrected chi connectivity index (χ2v) is 21.2. The lowest BCUT2D eigenvalue weighted by molar-refractivity contribution is -0.131. The highest BCUT2D eigenvalue weighted by Crippen LogP contribution is 2.43. The Morgan fingerprint density at radius 3 is 2.00 bits per heavy atom. The second-order valence-electron chi connectivity index (χ2n) is 10.5. The van der Waals surface area contributed by atoms with Crippen LogP contribution in [0.3, 0.4) is 0 Å². The van der Waals surface area contributed by atoms with Crippen LogP contribution in [0.15, 0.2) is 12.1 Å². The number of rotatable bonds is 15. The van der Waals surface area contributed by atoms with Gasteiger partial charge in [-0.2, -0.15) is 0 Å². The number of benzene rings is 1. The van der Waals surface area contributed by atoms with E-state index in [1.54, 1.807) is 33.5 Å². The third-order valence-corrected chi connectivity index (χ3v) is 9.86. The fourth-order valence-electron chi connectivity index (χ4n) is 3.69. The smallest absolute Gasteiger partial charge is 0.328 e. The predicted octanol–water partition coefficient (Wildman–Crippen LogP) is 4.95. The van der Waals surface area contributed by atoms with Gasteiger partial charge in [0.25, 0.3) is 0 Å². The number of carboxylic acid groups (broad SMARTS) is 1. The van der Waals surface area contributed by atoms with Crippen LogP contribution < -0.4 is 14.2 Å². The van der Waals surface area contributed by atoms with Gasteiger partial charge in [-0.3, -0.25) is 0 Å². The van der Waals surface area contributed by atoms with E-state index in [1.165, 1.54) is 0 Å². The zero-order chi connectivity index (χ0) is 26.1. The van der Waals surface area contributed by atoms with Crippen molar-refractivity contribution < 1.29 is 33.0 Å². The molecule has 0 spiro atoms. The van der Waals surface area contributed by atoms with Gasteiger partial charge in [-0.05, 0) is 75.7 Å². The van der Waals surface area contributed by atoms with Gasteiger partial charge in [-0.1, -0.05) is 13.0 Å². The highest BCUT2D eigenvalue weighted by molar-refractivity contribution is 6.71. The maximum atomic E-state index is 11.1. The Morgan fingerprint density at radius 1 is 1.00 bits per heavy atom. The summed E-state index contributed by atoms with van der Waals surface area (Å²) >= 11 is 0. The topological polar surface area (TPSA) is 83.5 Å². The Labute approximate surface area is 209 Å². The number of ether oxygens (including phenoxy) is 3. The van der Waals surface area contributed by atoms with E-state index >= 15 is 0 Å². The molecular formula is C24H44O7Si3.